The van der Waals surface area contributed by atoms with Crippen LogP contribution in [0.2, 0.25) is 0 Å². The highest BCUT2D eigenvalue weighted by atomic mass is 16.5. The Morgan fingerprint density at radius 1 is 0.957 bits per heavy atom. The van der Waals surface area contributed by atoms with Gasteiger partial charge in [0.2, 0.25) is 0 Å². The molecule has 1 atom stereocenters. The number of carbonyl (C=O) groups excluding carboxylic acids is 1. The van der Waals surface area contributed by atoms with Gasteiger partial charge >= 0.3 is 5.97 Å². The van der Waals surface area contributed by atoms with Crippen LogP contribution >= 0.6 is 0 Å². The molecule has 3 heteroatoms. The topological polar surface area (TPSA) is 52.3 Å². The summed E-state index contributed by atoms with van der Waals surface area (Å²) in [6, 6.07) is 0.388. The second-order valence-corrected chi connectivity index (χ2v) is 7.56. The van der Waals surface area contributed by atoms with Gasteiger partial charge in [-0.1, -0.05) is 65.2 Å². The molecule has 0 saturated heterocycles. The minimum absolute atomic E-state index is 0.0258. The summed E-state index contributed by atoms with van der Waals surface area (Å²) in [6.45, 7) is 8.92. The molecule has 0 aliphatic carbocycles. The van der Waals surface area contributed by atoms with Crippen LogP contribution in [0.25, 0.3) is 0 Å². The average molecular weight is 328 g/mol. The molecule has 0 aromatic heterocycles. The summed E-state index contributed by atoms with van der Waals surface area (Å²) < 4.78 is 5.40. The lowest BCUT2D eigenvalue weighted by atomic mass is 9.87. The van der Waals surface area contributed by atoms with Gasteiger partial charge in [-0.25, -0.2) is 0 Å². The zero-order valence-corrected chi connectivity index (χ0v) is 16.2. The van der Waals surface area contributed by atoms with Crippen LogP contribution in [-0.2, 0) is 9.53 Å². The summed E-state index contributed by atoms with van der Waals surface area (Å²) in [4.78, 5) is 12.1. The number of hydrogen-bond donors (Lipinski definition) is 1. The molecule has 138 valence electrons. The van der Waals surface area contributed by atoms with E-state index in [1.807, 2.05) is 13.8 Å². The molecule has 1 unspecified atom stereocenters. The minimum atomic E-state index is -0.333. The van der Waals surface area contributed by atoms with Gasteiger partial charge in [-0.3, -0.25) is 4.79 Å². The molecule has 0 spiro atoms. The van der Waals surface area contributed by atoms with E-state index >= 15 is 0 Å². The Hall–Kier alpha value is -0.570. The van der Waals surface area contributed by atoms with E-state index in [0.717, 1.165) is 44.9 Å². The predicted molar refractivity (Wildman–Crippen MR) is 99.5 cm³/mol. The number of carbonyl (C=O) groups is 1. The van der Waals surface area contributed by atoms with Crippen molar-refractivity contribution in [2.45, 2.75) is 111 Å². The largest absolute Gasteiger partial charge is 0.465 e. The monoisotopic (exact) mass is 327 g/mol. The van der Waals surface area contributed by atoms with E-state index in [9.17, 15) is 4.79 Å². The molecule has 0 saturated carbocycles. The van der Waals surface area contributed by atoms with Crippen molar-refractivity contribution in [1.29, 1.82) is 0 Å². The van der Waals surface area contributed by atoms with E-state index in [1.165, 1.54) is 32.1 Å². The minimum Gasteiger partial charge on any atom is -0.465 e. The number of rotatable bonds is 15. The Morgan fingerprint density at radius 2 is 1.57 bits per heavy atom. The van der Waals surface area contributed by atoms with Gasteiger partial charge in [0.15, 0.2) is 0 Å². The zero-order valence-electron chi connectivity index (χ0n) is 16.2. The molecule has 23 heavy (non-hydrogen) atoms. The highest BCUT2D eigenvalue weighted by Crippen LogP contribution is 2.26. The third kappa shape index (κ3) is 12.5. The van der Waals surface area contributed by atoms with Gasteiger partial charge < -0.3 is 10.5 Å². The van der Waals surface area contributed by atoms with Gasteiger partial charge in [0.1, 0.15) is 0 Å². The molecule has 0 radical (unpaired) electrons. The van der Waals surface area contributed by atoms with Gasteiger partial charge in [-0.15, -0.1) is 0 Å². The molecule has 0 aromatic rings. The van der Waals surface area contributed by atoms with E-state index < -0.39 is 0 Å². The van der Waals surface area contributed by atoms with Crippen LogP contribution in [0.5, 0.6) is 0 Å². The fourth-order valence-electron chi connectivity index (χ4n) is 2.70. The third-order valence-electron chi connectivity index (χ3n) is 4.68. The SMILES string of the molecule is CCCCCOC(=O)C(C)(C)CCCCCCCCC(N)CC. The zero-order chi connectivity index (χ0) is 17.6. The van der Waals surface area contributed by atoms with Gasteiger partial charge in [-0.05, 0) is 39.5 Å². The van der Waals surface area contributed by atoms with Crippen molar-refractivity contribution in [1.82, 2.24) is 0 Å². The third-order valence-corrected chi connectivity index (χ3v) is 4.68. The smallest absolute Gasteiger partial charge is 0.311 e. The summed E-state index contributed by atoms with van der Waals surface area (Å²) in [6.07, 6.45) is 13.9. The van der Waals surface area contributed by atoms with Gasteiger partial charge in [0.05, 0.1) is 12.0 Å². The maximum absolute atomic E-state index is 12.1. The first-order valence-corrected chi connectivity index (χ1v) is 9.86. The molecule has 0 bridgehead atoms. The van der Waals surface area contributed by atoms with E-state index in [-0.39, 0.29) is 11.4 Å². The van der Waals surface area contributed by atoms with Crippen molar-refractivity contribution in [2.75, 3.05) is 6.61 Å². The summed E-state index contributed by atoms with van der Waals surface area (Å²) in [7, 11) is 0. The molecular weight excluding hydrogens is 286 g/mol. The number of ether oxygens (including phenoxy) is 1. The first-order chi connectivity index (χ1) is 10.9. The summed E-state index contributed by atoms with van der Waals surface area (Å²) >= 11 is 0. The van der Waals surface area contributed by atoms with Crippen molar-refractivity contribution in [3.8, 4) is 0 Å². The standard InChI is InChI=1S/C20H41NO2/c1-5-7-14-17-23-19(22)20(3,4)16-13-11-9-8-10-12-15-18(21)6-2/h18H,5-17,21H2,1-4H3. The van der Waals surface area contributed by atoms with Crippen LogP contribution in [0.15, 0.2) is 0 Å². The van der Waals surface area contributed by atoms with Crippen LogP contribution in [0.3, 0.4) is 0 Å². The quantitative estimate of drug-likeness (QED) is 0.314. The summed E-state index contributed by atoms with van der Waals surface area (Å²) in [5.41, 5.74) is 5.59. The Balaban J connectivity index is 3.59. The highest BCUT2D eigenvalue weighted by Gasteiger charge is 2.28. The van der Waals surface area contributed by atoms with Crippen molar-refractivity contribution in [3.05, 3.63) is 0 Å². The fourth-order valence-corrected chi connectivity index (χ4v) is 2.70. The number of esters is 1. The molecule has 0 aliphatic heterocycles. The van der Waals surface area contributed by atoms with Gasteiger partial charge in [0.25, 0.3) is 0 Å². The number of nitrogens with two attached hydrogens (primary N) is 1. The Kier molecular flexibility index (Phi) is 13.5. The second-order valence-electron chi connectivity index (χ2n) is 7.56. The summed E-state index contributed by atoms with van der Waals surface area (Å²) in [5.74, 6) is -0.0258. The van der Waals surface area contributed by atoms with Gasteiger partial charge in [-0.2, -0.15) is 0 Å². The highest BCUT2D eigenvalue weighted by molar-refractivity contribution is 5.75. The van der Waals surface area contributed by atoms with E-state index in [4.69, 9.17) is 10.5 Å². The van der Waals surface area contributed by atoms with E-state index in [0.29, 0.717) is 12.6 Å². The first kappa shape index (κ1) is 22.4. The van der Waals surface area contributed by atoms with E-state index in [2.05, 4.69) is 13.8 Å². The van der Waals surface area contributed by atoms with Crippen molar-refractivity contribution in [2.24, 2.45) is 11.1 Å². The first-order valence-electron chi connectivity index (χ1n) is 9.86. The maximum atomic E-state index is 12.1. The Labute approximate surface area is 144 Å². The number of hydrogen-bond acceptors (Lipinski definition) is 3. The molecule has 0 aromatic carbocycles. The molecule has 0 heterocycles. The Morgan fingerprint density at radius 3 is 2.17 bits per heavy atom. The van der Waals surface area contributed by atoms with Crippen LogP contribution in [0.1, 0.15) is 105 Å². The molecule has 2 N–H and O–H groups in total. The fraction of sp³-hybridized carbons (Fsp3) is 0.950. The normalized spacial score (nSPS) is 13.1. The number of unbranched alkanes of at least 4 members (excludes halogenated alkanes) is 7. The molecule has 0 fully saturated rings. The lowest BCUT2D eigenvalue weighted by Gasteiger charge is -2.22. The van der Waals surface area contributed by atoms with Crippen LogP contribution < -0.4 is 5.73 Å². The molecule has 0 amide bonds. The average Bonchev–Trinajstić information content (AvgIpc) is 2.53. The molecular formula is C20H41NO2. The summed E-state index contributed by atoms with van der Waals surface area (Å²) in [5, 5.41) is 0. The van der Waals surface area contributed by atoms with Crippen molar-refractivity contribution < 1.29 is 9.53 Å². The van der Waals surface area contributed by atoms with Crippen LogP contribution in [-0.4, -0.2) is 18.6 Å². The maximum Gasteiger partial charge on any atom is 0.311 e. The van der Waals surface area contributed by atoms with Gasteiger partial charge in [0, 0.05) is 6.04 Å². The van der Waals surface area contributed by atoms with Crippen molar-refractivity contribution in [3.63, 3.8) is 0 Å². The molecule has 0 aliphatic rings. The predicted octanol–water partition coefficient (Wildman–Crippen LogP) is 5.60. The van der Waals surface area contributed by atoms with Crippen molar-refractivity contribution >= 4 is 5.97 Å². The molecule has 0 rings (SSSR count). The molecule has 3 nitrogen and oxygen atoms in total. The van der Waals surface area contributed by atoms with Crippen LogP contribution in [0.4, 0.5) is 0 Å². The second kappa shape index (κ2) is 13.8. The lowest BCUT2D eigenvalue weighted by Crippen LogP contribution is -2.27. The van der Waals surface area contributed by atoms with Crippen LogP contribution in [0, 0.1) is 5.41 Å². The Bertz CT molecular complexity index is 289. The van der Waals surface area contributed by atoms with E-state index in [1.54, 1.807) is 0 Å². The lowest BCUT2D eigenvalue weighted by molar-refractivity contribution is -0.154.